The van der Waals surface area contributed by atoms with E-state index in [-0.39, 0.29) is 23.3 Å². The van der Waals surface area contributed by atoms with Crippen molar-refractivity contribution >= 4 is 17.4 Å². The average molecular weight is 276 g/mol. The summed E-state index contributed by atoms with van der Waals surface area (Å²) >= 11 is 0. The summed E-state index contributed by atoms with van der Waals surface area (Å²) in [4.78, 5) is 35.8. The van der Waals surface area contributed by atoms with Crippen molar-refractivity contribution in [3.05, 3.63) is 39.4 Å². The Morgan fingerprint density at radius 3 is 2.70 bits per heavy atom. The number of aryl methyl sites for hydroxylation is 1. The van der Waals surface area contributed by atoms with Gasteiger partial charge < -0.3 is 4.90 Å². The minimum atomic E-state index is -0.508. The molecule has 1 saturated heterocycles. The summed E-state index contributed by atoms with van der Waals surface area (Å²) in [5, 5.41) is 10.8. The lowest BCUT2D eigenvalue weighted by Gasteiger charge is -2.30. The number of Topliss-reactive ketones (excluding diaryl/α,β-unsaturated/α-hetero) is 1. The maximum atomic E-state index is 12.4. The molecule has 1 aromatic carbocycles. The van der Waals surface area contributed by atoms with Crippen molar-refractivity contribution in [2.45, 2.75) is 20.3 Å². The Bertz CT molecular complexity index is 583. The molecule has 1 heterocycles. The van der Waals surface area contributed by atoms with Crippen LogP contribution in [0.3, 0.4) is 0 Å². The molecule has 6 heteroatoms. The summed E-state index contributed by atoms with van der Waals surface area (Å²) in [6, 6.07) is 4.35. The number of nitro benzene ring substituents is 1. The minimum Gasteiger partial charge on any atom is -0.337 e. The topological polar surface area (TPSA) is 80.5 Å². The maximum Gasteiger partial charge on any atom is 0.270 e. The van der Waals surface area contributed by atoms with Crippen LogP contribution in [0.1, 0.15) is 29.3 Å². The highest BCUT2D eigenvalue weighted by atomic mass is 16.6. The number of nitro groups is 1. The van der Waals surface area contributed by atoms with E-state index >= 15 is 0 Å². The summed E-state index contributed by atoms with van der Waals surface area (Å²) in [5.41, 5.74) is 0.886. The largest absolute Gasteiger partial charge is 0.337 e. The summed E-state index contributed by atoms with van der Waals surface area (Å²) in [6.07, 6.45) is 0.348. The second-order valence-corrected chi connectivity index (χ2v) is 5.18. The average Bonchev–Trinajstić information content (AvgIpc) is 2.40. The van der Waals surface area contributed by atoms with Gasteiger partial charge in [-0.3, -0.25) is 19.7 Å². The zero-order valence-corrected chi connectivity index (χ0v) is 11.5. The molecule has 20 heavy (non-hydrogen) atoms. The second kappa shape index (κ2) is 5.40. The summed E-state index contributed by atoms with van der Waals surface area (Å²) in [5.74, 6) is -0.270. The molecule has 1 unspecified atom stereocenters. The quantitative estimate of drug-likeness (QED) is 0.610. The van der Waals surface area contributed by atoms with Gasteiger partial charge >= 0.3 is 0 Å². The highest BCUT2D eigenvalue weighted by Crippen LogP contribution is 2.20. The van der Waals surface area contributed by atoms with Gasteiger partial charge in [-0.2, -0.15) is 0 Å². The monoisotopic (exact) mass is 276 g/mol. The van der Waals surface area contributed by atoms with Gasteiger partial charge in [0.05, 0.1) is 4.92 Å². The minimum absolute atomic E-state index is 0.0884. The Balaban J connectivity index is 2.25. The third-order valence-electron chi connectivity index (χ3n) is 3.48. The van der Waals surface area contributed by atoms with E-state index in [9.17, 15) is 19.7 Å². The summed E-state index contributed by atoms with van der Waals surface area (Å²) < 4.78 is 0. The molecule has 0 aromatic heterocycles. The number of rotatable bonds is 2. The first kappa shape index (κ1) is 14.2. The molecule has 0 bridgehead atoms. The van der Waals surface area contributed by atoms with Gasteiger partial charge in [0.2, 0.25) is 0 Å². The van der Waals surface area contributed by atoms with E-state index in [1.54, 1.807) is 24.8 Å². The molecule has 106 valence electrons. The number of hydrogen-bond donors (Lipinski definition) is 0. The van der Waals surface area contributed by atoms with E-state index in [2.05, 4.69) is 0 Å². The number of nitrogens with zero attached hydrogens (tertiary/aromatic N) is 2. The molecule has 2 rings (SSSR count). The lowest BCUT2D eigenvalue weighted by Crippen LogP contribution is -2.43. The van der Waals surface area contributed by atoms with Crippen molar-refractivity contribution in [1.29, 1.82) is 0 Å². The van der Waals surface area contributed by atoms with Gasteiger partial charge in [-0.05, 0) is 18.6 Å². The fourth-order valence-corrected chi connectivity index (χ4v) is 2.37. The van der Waals surface area contributed by atoms with Crippen LogP contribution in [0.5, 0.6) is 0 Å². The van der Waals surface area contributed by atoms with Gasteiger partial charge in [0.1, 0.15) is 5.78 Å². The zero-order valence-electron chi connectivity index (χ0n) is 11.5. The molecular weight excluding hydrogens is 260 g/mol. The molecule has 1 aliphatic rings. The van der Waals surface area contributed by atoms with Crippen molar-refractivity contribution in [2.75, 3.05) is 13.1 Å². The van der Waals surface area contributed by atoms with E-state index in [1.165, 1.54) is 12.1 Å². The molecule has 1 aliphatic heterocycles. The van der Waals surface area contributed by atoms with Crippen LogP contribution in [-0.2, 0) is 4.79 Å². The van der Waals surface area contributed by atoms with Gasteiger partial charge in [0.15, 0.2) is 0 Å². The van der Waals surface area contributed by atoms with Crippen LogP contribution in [0.2, 0.25) is 0 Å². The number of benzene rings is 1. The van der Waals surface area contributed by atoms with E-state index in [0.717, 1.165) is 0 Å². The Morgan fingerprint density at radius 1 is 1.40 bits per heavy atom. The van der Waals surface area contributed by atoms with Crippen molar-refractivity contribution in [1.82, 2.24) is 4.90 Å². The predicted molar refractivity (Wildman–Crippen MR) is 72.5 cm³/mol. The van der Waals surface area contributed by atoms with Crippen molar-refractivity contribution < 1.29 is 14.5 Å². The molecule has 0 aliphatic carbocycles. The second-order valence-electron chi connectivity index (χ2n) is 5.18. The predicted octanol–water partition coefficient (Wildman–Crippen LogP) is 1.95. The Kier molecular flexibility index (Phi) is 3.83. The van der Waals surface area contributed by atoms with E-state index in [1.807, 2.05) is 0 Å². The number of piperidine rings is 1. The number of carbonyl (C=O) groups is 2. The normalized spacial score (nSPS) is 19.0. The van der Waals surface area contributed by atoms with Crippen LogP contribution in [0.25, 0.3) is 0 Å². The van der Waals surface area contributed by atoms with Gasteiger partial charge in [-0.15, -0.1) is 0 Å². The lowest BCUT2D eigenvalue weighted by atomic mass is 9.97. The van der Waals surface area contributed by atoms with Crippen LogP contribution in [0, 0.1) is 23.0 Å². The molecule has 0 spiro atoms. The van der Waals surface area contributed by atoms with Gasteiger partial charge in [0, 0.05) is 43.1 Å². The van der Waals surface area contributed by atoms with Crippen molar-refractivity contribution in [2.24, 2.45) is 5.92 Å². The first-order valence-electron chi connectivity index (χ1n) is 6.46. The fourth-order valence-electron chi connectivity index (χ4n) is 2.37. The molecule has 1 fully saturated rings. The zero-order chi connectivity index (χ0) is 14.9. The number of non-ortho nitro benzene ring substituents is 1. The highest BCUT2D eigenvalue weighted by molar-refractivity contribution is 5.96. The van der Waals surface area contributed by atoms with Crippen LogP contribution >= 0.6 is 0 Å². The van der Waals surface area contributed by atoms with Gasteiger partial charge in [0.25, 0.3) is 11.6 Å². The van der Waals surface area contributed by atoms with Gasteiger partial charge in [-0.1, -0.05) is 6.92 Å². The van der Waals surface area contributed by atoms with Crippen LogP contribution < -0.4 is 0 Å². The van der Waals surface area contributed by atoms with Crippen LogP contribution in [0.15, 0.2) is 18.2 Å². The Labute approximate surface area is 116 Å². The molecule has 1 atom stereocenters. The van der Waals surface area contributed by atoms with Crippen molar-refractivity contribution in [3.63, 3.8) is 0 Å². The van der Waals surface area contributed by atoms with Crippen LogP contribution in [-0.4, -0.2) is 34.6 Å². The molecule has 0 N–H and O–H groups in total. The third kappa shape index (κ3) is 2.84. The number of amides is 1. The molecule has 0 saturated carbocycles. The summed E-state index contributed by atoms with van der Waals surface area (Å²) in [6.45, 7) is 4.26. The first-order chi connectivity index (χ1) is 9.38. The van der Waals surface area contributed by atoms with Gasteiger partial charge in [-0.25, -0.2) is 0 Å². The van der Waals surface area contributed by atoms with E-state index < -0.39 is 4.92 Å². The fraction of sp³-hybridized carbons (Fsp3) is 0.429. The van der Waals surface area contributed by atoms with E-state index in [4.69, 9.17) is 0 Å². The highest BCUT2D eigenvalue weighted by Gasteiger charge is 2.28. The number of hydrogen-bond acceptors (Lipinski definition) is 4. The smallest absolute Gasteiger partial charge is 0.270 e. The Hall–Kier alpha value is -2.24. The number of ketones is 1. The van der Waals surface area contributed by atoms with Crippen LogP contribution in [0.4, 0.5) is 5.69 Å². The molecule has 0 radical (unpaired) electrons. The summed E-state index contributed by atoms with van der Waals surface area (Å²) in [7, 11) is 0. The SMILES string of the molecule is Cc1cc(C(=O)N2CCC(=O)C(C)C2)cc([N+](=O)[O-])c1. The standard InChI is InChI=1S/C14H16N2O4/c1-9-5-11(7-12(6-9)16(19)20)14(18)15-4-3-13(17)10(2)8-15/h5-7,10H,3-4,8H2,1-2H3. The van der Waals surface area contributed by atoms with Crippen molar-refractivity contribution in [3.8, 4) is 0 Å². The number of likely N-dealkylation sites (tertiary alicyclic amines) is 1. The molecular formula is C14H16N2O4. The molecule has 1 amide bonds. The van der Waals surface area contributed by atoms with E-state index in [0.29, 0.717) is 30.6 Å². The maximum absolute atomic E-state index is 12.4. The Morgan fingerprint density at radius 2 is 2.10 bits per heavy atom. The third-order valence-corrected chi connectivity index (χ3v) is 3.48. The lowest BCUT2D eigenvalue weighted by molar-refractivity contribution is -0.384. The molecule has 6 nitrogen and oxygen atoms in total. The number of carbonyl (C=O) groups excluding carboxylic acids is 2. The first-order valence-corrected chi connectivity index (χ1v) is 6.46. The molecule has 1 aromatic rings.